The van der Waals surface area contributed by atoms with Crippen molar-refractivity contribution in [1.82, 2.24) is 20.4 Å². The first-order chi connectivity index (χ1) is 13.1. The predicted molar refractivity (Wildman–Crippen MR) is 103 cm³/mol. The standard InChI is InChI=1S/C21H28N4O2/c1-14-20(15(2)24-23-14)19-6-4-3-5-9-25(19)21(26)22-11-16-7-8-17-12-27-13-18(17)10-16/h7-8,10,19H,3-6,9,11-13H2,1-2H3,(H,22,26)(H,23,24). The number of carbonyl (C=O) groups is 1. The molecule has 27 heavy (non-hydrogen) atoms. The molecule has 0 aliphatic carbocycles. The van der Waals surface area contributed by atoms with Gasteiger partial charge in [0.1, 0.15) is 0 Å². The van der Waals surface area contributed by atoms with Crippen molar-refractivity contribution in [2.45, 2.75) is 65.3 Å². The molecule has 2 aliphatic rings. The Kier molecular flexibility index (Phi) is 5.16. The lowest BCUT2D eigenvalue weighted by Gasteiger charge is -2.30. The number of aromatic nitrogens is 2. The molecular formula is C21H28N4O2. The molecule has 1 fully saturated rings. The van der Waals surface area contributed by atoms with Crippen LogP contribution in [0.25, 0.3) is 0 Å². The Morgan fingerprint density at radius 3 is 2.93 bits per heavy atom. The largest absolute Gasteiger partial charge is 0.372 e. The smallest absolute Gasteiger partial charge is 0.318 e. The third kappa shape index (κ3) is 3.72. The molecular weight excluding hydrogens is 340 g/mol. The molecule has 6 nitrogen and oxygen atoms in total. The van der Waals surface area contributed by atoms with Crippen LogP contribution in [0.4, 0.5) is 4.79 Å². The van der Waals surface area contributed by atoms with E-state index in [1.54, 1.807) is 0 Å². The van der Waals surface area contributed by atoms with Crippen LogP contribution >= 0.6 is 0 Å². The molecule has 1 unspecified atom stereocenters. The van der Waals surface area contributed by atoms with Gasteiger partial charge >= 0.3 is 6.03 Å². The molecule has 144 valence electrons. The molecule has 2 N–H and O–H groups in total. The van der Waals surface area contributed by atoms with Crippen molar-refractivity contribution in [1.29, 1.82) is 0 Å². The molecule has 3 heterocycles. The van der Waals surface area contributed by atoms with E-state index in [4.69, 9.17) is 4.74 Å². The van der Waals surface area contributed by atoms with Crippen LogP contribution in [-0.2, 0) is 24.5 Å². The average molecular weight is 368 g/mol. The first-order valence-electron chi connectivity index (χ1n) is 9.88. The highest BCUT2D eigenvalue weighted by Gasteiger charge is 2.30. The van der Waals surface area contributed by atoms with E-state index in [1.807, 2.05) is 18.7 Å². The van der Waals surface area contributed by atoms with E-state index in [-0.39, 0.29) is 12.1 Å². The summed E-state index contributed by atoms with van der Waals surface area (Å²) < 4.78 is 5.48. The second-order valence-corrected chi connectivity index (χ2v) is 7.66. The van der Waals surface area contributed by atoms with Crippen LogP contribution in [0.15, 0.2) is 18.2 Å². The second kappa shape index (κ2) is 7.72. The van der Waals surface area contributed by atoms with Crippen molar-refractivity contribution in [3.8, 4) is 0 Å². The molecule has 2 aromatic rings. The molecule has 1 aromatic carbocycles. The number of ether oxygens (including phenoxy) is 1. The van der Waals surface area contributed by atoms with Crippen molar-refractivity contribution in [3.63, 3.8) is 0 Å². The highest BCUT2D eigenvalue weighted by molar-refractivity contribution is 5.75. The monoisotopic (exact) mass is 368 g/mol. The first-order valence-corrected chi connectivity index (χ1v) is 9.88. The van der Waals surface area contributed by atoms with Gasteiger partial charge < -0.3 is 15.0 Å². The zero-order valence-corrected chi connectivity index (χ0v) is 16.2. The lowest BCUT2D eigenvalue weighted by molar-refractivity contribution is 0.134. The highest BCUT2D eigenvalue weighted by atomic mass is 16.5. The maximum atomic E-state index is 13.0. The minimum absolute atomic E-state index is 0.0126. The van der Waals surface area contributed by atoms with Crippen molar-refractivity contribution < 1.29 is 9.53 Å². The van der Waals surface area contributed by atoms with E-state index < -0.39 is 0 Å². The van der Waals surface area contributed by atoms with E-state index in [1.165, 1.54) is 23.1 Å². The molecule has 0 bridgehead atoms. The van der Waals surface area contributed by atoms with Gasteiger partial charge in [0.15, 0.2) is 0 Å². The SMILES string of the molecule is Cc1n[nH]c(C)c1C1CCCCCN1C(=O)NCc1ccc2c(c1)COC2. The number of amides is 2. The van der Waals surface area contributed by atoms with Crippen molar-refractivity contribution in [3.05, 3.63) is 51.8 Å². The van der Waals surface area contributed by atoms with Gasteiger partial charge in [0.05, 0.1) is 24.9 Å². The quantitative estimate of drug-likeness (QED) is 0.864. The fourth-order valence-corrected chi connectivity index (χ4v) is 4.32. The fourth-order valence-electron chi connectivity index (χ4n) is 4.32. The maximum absolute atomic E-state index is 13.0. The van der Waals surface area contributed by atoms with Crippen molar-refractivity contribution >= 4 is 6.03 Å². The molecule has 1 saturated heterocycles. The van der Waals surface area contributed by atoms with E-state index in [0.717, 1.165) is 42.8 Å². The van der Waals surface area contributed by atoms with Crippen molar-refractivity contribution in [2.24, 2.45) is 0 Å². The lowest BCUT2D eigenvalue weighted by atomic mass is 9.99. The molecule has 6 heteroatoms. The number of hydrogen-bond acceptors (Lipinski definition) is 3. The van der Waals surface area contributed by atoms with E-state index in [9.17, 15) is 4.79 Å². The number of nitrogens with zero attached hydrogens (tertiary/aromatic N) is 2. The van der Waals surface area contributed by atoms with Gasteiger partial charge in [0.25, 0.3) is 0 Å². The number of urea groups is 1. The van der Waals surface area contributed by atoms with Crippen LogP contribution in [0.3, 0.4) is 0 Å². The number of fused-ring (bicyclic) bond motifs is 1. The topological polar surface area (TPSA) is 70.2 Å². The number of hydrogen-bond donors (Lipinski definition) is 2. The number of likely N-dealkylation sites (tertiary alicyclic amines) is 1. The molecule has 2 aliphatic heterocycles. The van der Waals surface area contributed by atoms with Gasteiger partial charge in [0, 0.05) is 24.3 Å². The summed E-state index contributed by atoms with van der Waals surface area (Å²) in [5.41, 5.74) is 6.85. The molecule has 0 radical (unpaired) electrons. The average Bonchev–Trinajstić information content (AvgIpc) is 3.18. The molecule has 4 rings (SSSR count). The Morgan fingerprint density at radius 1 is 1.26 bits per heavy atom. The number of aromatic amines is 1. The van der Waals surface area contributed by atoms with E-state index >= 15 is 0 Å². The Bertz CT molecular complexity index is 810. The number of benzene rings is 1. The fraction of sp³-hybridized carbons (Fsp3) is 0.524. The zero-order valence-electron chi connectivity index (χ0n) is 16.2. The maximum Gasteiger partial charge on any atom is 0.318 e. The highest BCUT2D eigenvalue weighted by Crippen LogP contribution is 2.33. The van der Waals surface area contributed by atoms with Gasteiger partial charge in [-0.15, -0.1) is 0 Å². The van der Waals surface area contributed by atoms with Gasteiger partial charge in [-0.2, -0.15) is 5.10 Å². The van der Waals surface area contributed by atoms with Gasteiger partial charge in [-0.3, -0.25) is 5.10 Å². The summed E-state index contributed by atoms with van der Waals surface area (Å²) in [4.78, 5) is 15.1. The summed E-state index contributed by atoms with van der Waals surface area (Å²) in [5.74, 6) is 0. The third-order valence-electron chi connectivity index (χ3n) is 5.76. The first kappa shape index (κ1) is 18.0. The summed E-state index contributed by atoms with van der Waals surface area (Å²) >= 11 is 0. The minimum atomic E-state index is 0.0126. The van der Waals surface area contributed by atoms with Crippen LogP contribution in [0.5, 0.6) is 0 Å². The van der Waals surface area contributed by atoms with Crippen LogP contribution in [0, 0.1) is 13.8 Å². The summed E-state index contributed by atoms with van der Waals surface area (Å²) in [7, 11) is 0. The summed E-state index contributed by atoms with van der Waals surface area (Å²) in [6, 6.07) is 6.44. The second-order valence-electron chi connectivity index (χ2n) is 7.66. The van der Waals surface area contributed by atoms with Gasteiger partial charge in [-0.05, 0) is 43.4 Å². The number of rotatable bonds is 3. The lowest BCUT2D eigenvalue weighted by Crippen LogP contribution is -2.42. The Labute approximate surface area is 160 Å². The summed E-state index contributed by atoms with van der Waals surface area (Å²) in [6.07, 6.45) is 4.35. The van der Waals surface area contributed by atoms with E-state index in [0.29, 0.717) is 19.8 Å². The molecule has 1 atom stereocenters. The Balaban J connectivity index is 1.48. The number of nitrogens with one attached hydrogen (secondary N) is 2. The zero-order chi connectivity index (χ0) is 18.8. The third-order valence-corrected chi connectivity index (χ3v) is 5.76. The molecule has 0 saturated carbocycles. The summed E-state index contributed by atoms with van der Waals surface area (Å²) in [6.45, 7) is 6.76. The Morgan fingerprint density at radius 2 is 2.11 bits per heavy atom. The van der Waals surface area contributed by atoms with Crippen molar-refractivity contribution in [2.75, 3.05) is 6.54 Å². The van der Waals surface area contributed by atoms with Crippen LogP contribution < -0.4 is 5.32 Å². The summed E-state index contributed by atoms with van der Waals surface area (Å²) in [5, 5.41) is 10.6. The number of carbonyl (C=O) groups excluding carboxylic acids is 1. The van der Waals surface area contributed by atoms with Gasteiger partial charge in [-0.25, -0.2) is 4.79 Å². The van der Waals surface area contributed by atoms with E-state index in [2.05, 4.69) is 33.7 Å². The number of aryl methyl sites for hydroxylation is 2. The van der Waals surface area contributed by atoms with Crippen LogP contribution in [0.1, 0.15) is 65.4 Å². The Hall–Kier alpha value is -2.34. The van der Waals surface area contributed by atoms with Gasteiger partial charge in [-0.1, -0.05) is 31.0 Å². The van der Waals surface area contributed by atoms with Gasteiger partial charge in [0.2, 0.25) is 0 Å². The van der Waals surface area contributed by atoms with Crippen LogP contribution in [0.2, 0.25) is 0 Å². The molecule has 0 spiro atoms. The minimum Gasteiger partial charge on any atom is -0.372 e. The normalized spacial score (nSPS) is 19.6. The molecule has 1 aromatic heterocycles. The predicted octanol–water partition coefficient (Wildman–Crippen LogP) is 3.88. The van der Waals surface area contributed by atoms with Crippen LogP contribution in [-0.4, -0.2) is 27.7 Å². The molecule has 2 amide bonds. The number of H-pyrrole nitrogens is 1.